The summed E-state index contributed by atoms with van der Waals surface area (Å²) in [6.45, 7) is 0. The quantitative estimate of drug-likeness (QED) is 0.289. The van der Waals surface area contributed by atoms with E-state index in [-0.39, 0.29) is 160 Å². The predicted molar refractivity (Wildman–Crippen MR) is 19.3 cm³/mol. The Balaban J connectivity index is 0. The van der Waals surface area contributed by atoms with Gasteiger partial charge in [0.25, 0.3) is 0 Å². The first-order valence-corrected chi connectivity index (χ1v) is 0. The number of rotatable bonds is 0. The van der Waals surface area contributed by atoms with Gasteiger partial charge in [0, 0.05) is 21.7 Å². The van der Waals surface area contributed by atoms with Gasteiger partial charge in [0.2, 0.25) is 0 Å². The molecule has 0 saturated carbocycles. The maximum Gasteiger partial charge on any atom is 3.00 e. The Morgan fingerprint density at radius 3 is 0.667 bits per heavy atom. The third kappa shape index (κ3) is 69.3. The van der Waals surface area contributed by atoms with E-state index < -0.39 is 0 Å². The molecule has 44 valence electrons. The van der Waals surface area contributed by atoms with Crippen molar-refractivity contribution in [3.8, 4) is 0 Å². The second kappa shape index (κ2) is 83.3. The summed E-state index contributed by atoms with van der Waals surface area (Å²) in [5.41, 5.74) is 0. The van der Waals surface area contributed by atoms with Gasteiger partial charge in [0.1, 0.15) is 0 Å². The van der Waals surface area contributed by atoms with E-state index in [0.717, 1.165) is 0 Å². The van der Waals surface area contributed by atoms with E-state index in [0.29, 0.717) is 0 Å². The SMILES string of the molecule is [Bi+3].[Nb+2].[OH-].[OH-].[OH-].[OH-].[Sr+2].[Ta+2].[Ti]. The van der Waals surface area contributed by atoms with Crippen LogP contribution in [0.3, 0.4) is 0 Å². The Hall–Kier alpha value is 4.40. The standard InChI is InChI=1S/Bi.Nb.4H2O.Sr.Ta.Ti/h;;4*1H2;;;/q+3;+2;;;;;2*+2;/p-4. The molecule has 9 heteroatoms. The second-order valence-electron chi connectivity index (χ2n) is 0. The van der Waals surface area contributed by atoms with Crippen LogP contribution in [-0.4, -0.2) is 93.6 Å². The molecule has 0 aromatic heterocycles. The fraction of sp³-hybridized carbons (Fsp3) is 0. The van der Waals surface area contributed by atoms with Crippen LogP contribution in [0.2, 0.25) is 0 Å². The molecule has 0 heterocycles. The normalized spacial score (nSPS) is 0. The average molecular weight is 686 g/mol. The molecule has 0 aromatic rings. The Kier molecular flexibility index (Phi) is 985. The first kappa shape index (κ1) is 106. The van der Waals surface area contributed by atoms with Gasteiger partial charge >= 0.3 is 116 Å². The van der Waals surface area contributed by atoms with E-state index >= 15 is 0 Å². The van der Waals surface area contributed by atoms with E-state index in [1.165, 1.54) is 0 Å². The summed E-state index contributed by atoms with van der Waals surface area (Å²) in [7, 11) is 0. The Labute approximate surface area is 156 Å². The monoisotopic (exact) mass is 687 g/mol. The molecule has 0 rings (SSSR count). The van der Waals surface area contributed by atoms with Crippen molar-refractivity contribution < 1.29 is 88.4 Å². The van der Waals surface area contributed by atoms with Gasteiger partial charge in [-0.2, -0.15) is 0 Å². The van der Waals surface area contributed by atoms with Gasteiger partial charge in [-0.05, 0) is 0 Å². The molecule has 4 N–H and O–H groups in total. The molecular formula is H4BiNbO4SrTaTi+5. The van der Waals surface area contributed by atoms with Gasteiger partial charge in [0.15, 0.2) is 0 Å². The second-order valence-corrected chi connectivity index (χ2v) is 0. The molecule has 0 bridgehead atoms. The van der Waals surface area contributed by atoms with Crippen LogP contribution in [0.25, 0.3) is 0 Å². The van der Waals surface area contributed by atoms with Crippen molar-refractivity contribution in [2.24, 2.45) is 0 Å². The third-order valence-corrected chi connectivity index (χ3v) is 0. The Morgan fingerprint density at radius 2 is 0.667 bits per heavy atom. The fourth-order valence-corrected chi connectivity index (χ4v) is 0. The summed E-state index contributed by atoms with van der Waals surface area (Å²) in [6, 6.07) is 0. The van der Waals surface area contributed by atoms with E-state index in [2.05, 4.69) is 0 Å². The smallest absolute Gasteiger partial charge is 0.870 e. The summed E-state index contributed by atoms with van der Waals surface area (Å²) >= 11 is 0. The molecule has 0 atom stereocenters. The van der Waals surface area contributed by atoms with Crippen molar-refractivity contribution in [3.63, 3.8) is 0 Å². The van der Waals surface area contributed by atoms with Crippen molar-refractivity contribution in [1.29, 1.82) is 0 Å². The molecule has 0 aliphatic heterocycles. The van der Waals surface area contributed by atoms with Crippen molar-refractivity contribution in [2.45, 2.75) is 0 Å². The van der Waals surface area contributed by atoms with E-state index in [4.69, 9.17) is 0 Å². The molecule has 0 saturated heterocycles. The maximum atomic E-state index is 0. The molecular weight excluding hydrogens is 682 g/mol. The largest absolute Gasteiger partial charge is 3.00 e. The van der Waals surface area contributed by atoms with E-state index in [1.807, 2.05) is 0 Å². The Bertz CT molecular complexity index is 20.5. The predicted octanol–water partition coefficient (Wildman–Crippen LogP) is -1.48. The average Bonchev–Trinajstić information content (AvgIpc) is 0. The first-order valence-electron chi connectivity index (χ1n) is 0. The maximum absolute atomic E-state index is 0. The van der Waals surface area contributed by atoms with Crippen LogP contribution in [0.15, 0.2) is 0 Å². The minimum absolute atomic E-state index is 0. The van der Waals surface area contributed by atoms with Crippen LogP contribution in [0.5, 0.6) is 0 Å². The molecule has 0 fully saturated rings. The third-order valence-electron chi connectivity index (χ3n) is 0. The van der Waals surface area contributed by atoms with Gasteiger partial charge in [-0.15, -0.1) is 0 Å². The van der Waals surface area contributed by atoms with Crippen LogP contribution in [0.1, 0.15) is 0 Å². The molecule has 9 heavy (non-hydrogen) atoms. The topological polar surface area (TPSA) is 120 Å². The molecule has 4 nitrogen and oxygen atoms in total. The van der Waals surface area contributed by atoms with Gasteiger partial charge in [-0.3, -0.25) is 0 Å². The summed E-state index contributed by atoms with van der Waals surface area (Å²) in [5.74, 6) is 0. The molecule has 0 aliphatic rings. The summed E-state index contributed by atoms with van der Waals surface area (Å²) in [6.07, 6.45) is 0. The van der Waals surface area contributed by atoms with Crippen molar-refractivity contribution >= 4 is 71.7 Å². The van der Waals surface area contributed by atoms with Gasteiger partial charge in [-0.25, -0.2) is 0 Å². The van der Waals surface area contributed by atoms with E-state index in [1.54, 1.807) is 0 Å². The zero-order valence-electron chi connectivity index (χ0n) is 4.34. The zero-order chi connectivity index (χ0) is 0. The Morgan fingerprint density at radius 1 is 0.667 bits per heavy atom. The number of hydrogen-bond acceptors (Lipinski definition) is 4. The van der Waals surface area contributed by atoms with Crippen LogP contribution < -0.4 is 0 Å². The van der Waals surface area contributed by atoms with Gasteiger partial charge in [0.05, 0.1) is 0 Å². The van der Waals surface area contributed by atoms with Crippen molar-refractivity contribution in [2.75, 3.05) is 0 Å². The minimum Gasteiger partial charge on any atom is -0.870 e. The zero-order valence-corrected chi connectivity index (χ0v) is 18.3. The van der Waals surface area contributed by atoms with Gasteiger partial charge < -0.3 is 21.9 Å². The van der Waals surface area contributed by atoms with E-state index in [9.17, 15) is 0 Å². The van der Waals surface area contributed by atoms with Crippen LogP contribution in [0.4, 0.5) is 0 Å². The van der Waals surface area contributed by atoms with Crippen LogP contribution in [-0.2, 0) is 66.5 Å². The van der Waals surface area contributed by atoms with Crippen LogP contribution >= 0.6 is 0 Å². The molecule has 0 spiro atoms. The summed E-state index contributed by atoms with van der Waals surface area (Å²) < 4.78 is 0. The summed E-state index contributed by atoms with van der Waals surface area (Å²) in [4.78, 5) is 0. The molecule has 0 amide bonds. The summed E-state index contributed by atoms with van der Waals surface area (Å²) in [5, 5.41) is 0. The molecule has 4 radical (unpaired) electrons. The molecule has 0 aliphatic carbocycles. The van der Waals surface area contributed by atoms with Crippen molar-refractivity contribution in [3.05, 3.63) is 0 Å². The minimum atomic E-state index is 0. The van der Waals surface area contributed by atoms with Gasteiger partial charge in [-0.1, -0.05) is 0 Å². The number of hydrogen-bond donors (Lipinski definition) is 0. The fourth-order valence-electron chi connectivity index (χ4n) is 0. The molecule has 0 aromatic carbocycles. The van der Waals surface area contributed by atoms with Crippen LogP contribution in [0, 0.1) is 0 Å². The van der Waals surface area contributed by atoms with Crippen molar-refractivity contribution in [1.82, 2.24) is 0 Å². The molecule has 0 unspecified atom stereocenters. The first-order chi connectivity index (χ1) is 0.